The molecule has 4 nitrogen and oxygen atoms in total. The molecule has 2 N–H and O–H groups in total. The van der Waals surface area contributed by atoms with Gasteiger partial charge in [-0.25, -0.2) is 4.79 Å². The number of hydrogen-bond acceptors (Lipinski definition) is 3. The SMILES string of the molecule is COc1ccc(C(=O)O)cc1NC(C)C(C)C. The van der Waals surface area contributed by atoms with Crippen molar-refractivity contribution >= 4 is 11.7 Å². The van der Waals surface area contributed by atoms with Crippen molar-refractivity contribution in [3.63, 3.8) is 0 Å². The van der Waals surface area contributed by atoms with Gasteiger partial charge in [-0.3, -0.25) is 0 Å². The molecule has 0 heterocycles. The molecule has 0 aliphatic heterocycles. The van der Waals surface area contributed by atoms with Crippen LogP contribution in [0.1, 0.15) is 31.1 Å². The van der Waals surface area contributed by atoms with E-state index in [0.29, 0.717) is 17.4 Å². The first-order valence-corrected chi connectivity index (χ1v) is 5.63. The highest BCUT2D eigenvalue weighted by atomic mass is 16.5. The van der Waals surface area contributed by atoms with Gasteiger partial charge in [-0.2, -0.15) is 0 Å². The molecule has 0 aliphatic rings. The van der Waals surface area contributed by atoms with E-state index in [0.717, 1.165) is 0 Å². The highest BCUT2D eigenvalue weighted by Crippen LogP contribution is 2.27. The number of benzene rings is 1. The van der Waals surface area contributed by atoms with E-state index in [9.17, 15) is 4.79 Å². The van der Waals surface area contributed by atoms with Crippen molar-refractivity contribution in [1.82, 2.24) is 0 Å². The maximum atomic E-state index is 10.9. The van der Waals surface area contributed by atoms with Crippen molar-refractivity contribution < 1.29 is 14.6 Å². The third-order valence-electron chi connectivity index (χ3n) is 2.83. The first kappa shape index (κ1) is 13.4. The number of methoxy groups -OCH3 is 1. The van der Waals surface area contributed by atoms with Gasteiger partial charge in [0.25, 0.3) is 0 Å². The van der Waals surface area contributed by atoms with Crippen LogP contribution in [-0.4, -0.2) is 24.2 Å². The van der Waals surface area contributed by atoms with Gasteiger partial charge >= 0.3 is 5.97 Å². The predicted molar refractivity (Wildman–Crippen MR) is 67.9 cm³/mol. The zero-order chi connectivity index (χ0) is 13.0. The average Bonchev–Trinajstić information content (AvgIpc) is 2.28. The lowest BCUT2D eigenvalue weighted by atomic mass is 10.1. The maximum Gasteiger partial charge on any atom is 0.335 e. The van der Waals surface area contributed by atoms with E-state index in [2.05, 4.69) is 26.1 Å². The molecule has 0 radical (unpaired) electrons. The molecule has 0 spiro atoms. The second-order valence-electron chi connectivity index (χ2n) is 4.40. The molecule has 0 saturated heterocycles. The van der Waals surface area contributed by atoms with E-state index in [1.165, 1.54) is 6.07 Å². The molecule has 1 aromatic rings. The van der Waals surface area contributed by atoms with Gasteiger partial charge in [-0.1, -0.05) is 13.8 Å². The van der Waals surface area contributed by atoms with Crippen LogP contribution < -0.4 is 10.1 Å². The summed E-state index contributed by atoms with van der Waals surface area (Å²) in [6.45, 7) is 6.26. The molecular formula is C13H19NO3. The van der Waals surface area contributed by atoms with Gasteiger partial charge in [0.15, 0.2) is 0 Å². The van der Waals surface area contributed by atoms with Gasteiger partial charge < -0.3 is 15.2 Å². The smallest absolute Gasteiger partial charge is 0.335 e. The van der Waals surface area contributed by atoms with Gasteiger partial charge in [0.2, 0.25) is 0 Å². The first-order valence-electron chi connectivity index (χ1n) is 5.63. The van der Waals surface area contributed by atoms with Gasteiger partial charge in [0.05, 0.1) is 18.4 Å². The van der Waals surface area contributed by atoms with E-state index in [1.54, 1.807) is 19.2 Å². The number of hydrogen-bond donors (Lipinski definition) is 2. The molecule has 0 aliphatic carbocycles. The molecule has 1 rings (SSSR count). The quantitative estimate of drug-likeness (QED) is 0.826. The van der Waals surface area contributed by atoms with E-state index in [1.807, 2.05) is 0 Å². The van der Waals surface area contributed by atoms with Crippen molar-refractivity contribution in [3.8, 4) is 5.75 Å². The third kappa shape index (κ3) is 3.37. The largest absolute Gasteiger partial charge is 0.495 e. The van der Waals surface area contributed by atoms with Crippen LogP contribution in [0.4, 0.5) is 5.69 Å². The predicted octanol–water partition coefficient (Wildman–Crippen LogP) is 2.85. The molecule has 0 aromatic heterocycles. The van der Waals surface area contributed by atoms with Crippen LogP contribution >= 0.6 is 0 Å². The number of rotatable bonds is 5. The Labute approximate surface area is 102 Å². The first-order chi connectivity index (χ1) is 7.95. The van der Waals surface area contributed by atoms with Crippen molar-refractivity contribution in [2.24, 2.45) is 5.92 Å². The van der Waals surface area contributed by atoms with Crippen LogP contribution in [0.15, 0.2) is 18.2 Å². The molecule has 0 saturated carbocycles. The summed E-state index contributed by atoms with van der Waals surface area (Å²) in [6, 6.07) is 5.04. The Kier molecular flexibility index (Phi) is 4.37. The Balaban J connectivity index is 3.02. The van der Waals surface area contributed by atoms with Crippen molar-refractivity contribution in [1.29, 1.82) is 0 Å². The lowest BCUT2D eigenvalue weighted by Crippen LogP contribution is -2.22. The lowest BCUT2D eigenvalue weighted by Gasteiger charge is -2.20. The number of carbonyl (C=O) groups is 1. The fourth-order valence-electron chi connectivity index (χ4n) is 1.37. The highest BCUT2D eigenvalue weighted by molar-refractivity contribution is 5.89. The van der Waals surface area contributed by atoms with Gasteiger partial charge in [-0.15, -0.1) is 0 Å². The topological polar surface area (TPSA) is 58.6 Å². The number of carboxylic acid groups (broad SMARTS) is 1. The van der Waals surface area contributed by atoms with E-state index < -0.39 is 5.97 Å². The molecule has 4 heteroatoms. The van der Waals surface area contributed by atoms with Crippen molar-refractivity contribution in [2.45, 2.75) is 26.8 Å². The average molecular weight is 237 g/mol. The van der Waals surface area contributed by atoms with Crippen molar-refractivity contribution in [2.75, 3.05) is 12.4 Å². The van der Waals surface area contributed by atoms with Crippen LogP contribution in [0.3, 0.4) is 0 Å². The molecule has 17 heavy (non-hydrogen) atoms. The number of nitrogens with one attached hydrogen (secondary N) is 1. The number of anilines is 1. The minimum Gasteiger partial charge on any atom is -0.495 e. The standard InChI is InChI=1S/C13H19NO3/c1-8(2)9(3)14-11-7-10(13(15)16)5-6-12(11)17-4/h5-9,14H,1-4H3,(H,15,16). The second-order valence-corrected chi connectivity index (χ2v) is 4.40. The third-order valence-corrected chi connectivity index (χ3v) is 2.83. The van der Waals surface area contributed by atoms with E-state index in [-0.39, 0.29) is 11.6 Å². The summed E-state index contributed by atoms with van der Waals surface area (Å²) in [5.41, 5.74) is 0.970. The summed E-state index contributed by atoms with van der Waals surface area (Å²) in [6.07, 6.45) is 0. The summed E-state index contributed by atoms with van der Waals surface area (Å²) in [5, 5.41) is 12.2. The molecule has 1 atom stereocenters. The number of carboxylic acids is 1. The summed E-state index contributed by atoms with van der Waals surface area (Å²) in [4.78, 5) is 10.9. The molecule has 0 amide bonds. The van der Waals surface area contributed by atoms with Crippen molar-refractivity contribution in [3.05, 3.63) is 23.8 Å². The van der Waals surface area contributed by atoms with E-state index in [4.69, 9.17) is 9.84 Å². The molecule has 94 valence electrons. The fraction of sp³-hybridized carbons (Fsp3) is 0.462. The molecule has 1 unspecified atom stereocenters. The Morgan fingerprint density at radius 3 is 2.47 bits per heavy atom. The van der Waals surface area contributed by atoms with Crippen LogP contribution in [-0.2, 0) is 0 Å². The number of aromatic carboxylic acids is 1. The second kappa shape index (κ2) is 5.57. The minimum atomic E-state index is -0.937. The highest BCUT2D eigenvalue weighted by Gasteiger charge is 2.12. The van der Waals surface area contributed by atoms with Gasteiger partial charge in [0.1, 0.15) is 5.75 Å². The molecular weight excluding hydrogens is 218 g/mol. The summed E-state index contributed by atoms with van der Waals surface area (Å²) in [5.74, 6) is 0.170. The minimum absolute atomic E-state index is 0.243. The molecule has 0 fully saturated rings. The summed E-state index contributed by atoms with van der Waals surface area (Å²) >= 11 is 0. The Bertz CT molecular complexity index is 402. The van der Waals surface area contributed by atoms with Crippen LogP contribution in [0.25, 0.3) is 0 Å². The summed E-state index contributed by atoms with van der Waals surface area (Å²) < 4.78 is 5.21. The Hall–Kier alpha value is -1.71. The van der Waals surface area contributed by atoms with E-state index >= 15 is 0 Å². The lowest BCUT2D eigenvalue weighted by molar-refractivity contribution is 0.0697. The van der Waals surface area contributed by atoms with Gasteiger partial charge in [-0.05, 0) is 31.0 Å². The normalized spacial score (nSPS) is 12.3. The molecule has 1 aromatic carbocycles. The summed E-state index contributed by atoms with van der Waals surface area (Å²) in [7, 11) is 1.57. The van der Waals surface area contributed by atoms with Crippen LogP contribution in [0, 0.1) is 5.92 Å². The number of ether oxygens (including phenoxy) is 1. The fourth-order valence-corrected chi connectivity index (χ4v) is 1.37. The Morgan fingerprint density at radius 2 is 2.00 bits per heavy atom. The molecule has 0 bridgehead atoms. The Morgan fingerprint density at radius 1 is 1.35 bits per heavy atom. The van der Waals surface area contributed by atoms with Crippen LogP contribution in [0.5, 0.6) is 5.75 Å². The maximum absolute atomic E-state index is 10.9. The van der Waals surface area contributed by atoms with Crippen LogP contribution in [0.2, 0.25) is 0 Å². The zero-order valence-electron chi connectivity index (χ0n) is 10.7. The zero-order valence-corrected chi connectivity index (χ0v) is 10.7. The monoisotopic (exact) mass is 237 g/mol. The van der Waals surface area contributed by atoms with Gasteiger partial charge in [0, 0.05) is 6.04 Å².